The van der Waals surface area contributed by atoms with E-state index in [1.165, 1.54) is 55.1 Å². The van der Waals surface area contributed by atoms with E-state index in [0.29, 0.717) is 0 Å². The molecule has 0 amide bonds. The standard InChI is InChI=1S/C49H52F2N2/c1-9-12-14-29-17-20-34-41-32(29)26-28-53-38(49(10-2,11-3)35-21-23-37(51)44(48(34,6)7)42(35)46(41)53)24-19-31-18-22-36(50)43-40(31)45-39-30(25-27-52(45)8)15-13-16-33(39)47(43,4)5/h13,15-18,20-23,25-28,38H,9-12,14,19,24H2,1-8H3/q+2. The lowest BCUT2D eigenvalue weighted by Gasteiger charge is -2.45. The van der Waals surface area contributed by atoms with E-state index in [-0.39, 0.29) is 23.1 Å². The minimum Gasteiger partial charge on any atom is -0.207 e. The number of nitrogens with zero attached hydrogens (tertiary/aromatic N) is 2. The van der Waals surface area contributed by atoms with Crippen molar-refractivity contribution in [2.45, 2.75) is 116 Å². The van der Waals surface area contributed by atoms with Gasteiger partial charge < -0.3 is 0 Å². The van der Waals surface area contributed by atoms with Gasteiger partial charge in [-0.3, -0.25) is 0 Å². The number of halogens is 2. The van der Waals surface area contributed by atoms with Crippen LogP contribution in [0.4, 0.5) is 8.78 Å². The van der Waals surface area contributed by atoms with Crippen molar-refractivity contribution in [2.24, 2.45) is 7.05 Å². The van der Waals surface area contributed by atoms with Gasteiger partial charge in [-0.25, -0.2) is 13.3 Å². The Hall–Kier alpha value is -4.44. The monoisotopic (exact) mass is 706 g/mol. The van der Waals surface area contributed by atoms with Crippen molar-refractivity contribution in [1.29, 1.82) is 0 Å². The fraction of sp³-hybridized carbons (Fsp3) is 0.388. The molecule has 4 heteroatoms. The normalized spacial score (nSPS) is 18.0. The molecule has 1 aliphatic heterocycles. The van der Waals surface area contributed by atoms with Crippen LogP contribution in [0.15, 0.2) is 79.1 Å². The molecular weight excluding hydrogens is 655 g/mol. The summed E-state index contributed by atoms with van der Waals surface area (Å²) in [5, 5.41) is 5.02. The van der Waals surface area contributed by atoms with Crippen molar-refractivity contribution >= 4 is 21.5 Å². The lowest BCUT2D eigenvalue weighted by molar-refractivity contribution is -0.724. The van der Waals surface area contributed by atoms with Crippen LogP contribution in [0.25, 0.3) is 44.1 Å². The first-order valence-corrected chi connectivity index (χ1v) is 20.0. The molecule has 270 valence electrons. The Morgan fingerprint density at radius 3 is 2.02 bits per heavy atom. The number of benzene rings is 4. The Morgan fingerprint density at radius 2 is 1.30 bits per heavy atom. The van der Waals surface area contributed by atoms with E-state index >= 15 is 8.78 Å². The second-order valence-electron chi connectivity index (χ2n) is 17.3. The Kier molecular flexibility index (Phi) is 7.63. The maximum atomic E-state index is 16.4. The van der Waals surface area contributed by atoms with Crippen LogP contribution in [-0.2, 0) is 36.1 Å². The third-order valence-electron chi connectivity index (χ3n) is 14.1. The predicted molar refractivity (Wildman–Crippen MR) is 213 cm³/mol. The molecule has 0 N–H and O–H groups in total. The van der Waals surface area contributed by atoms with Gasteiger partial charge in [0.1, 0.15) is 18.7 Å². The van der Waals surface area contributed by atoms with Crippen molar-refractivity contribution in [1.82, 2.24) is 0 Å². The predicted octanol–water partition coefficient (Wildman–Crippen LogP) is 11.6. The minimum absolute atomic E-state index is 0.111. The molecule has 9 rings (SSSR count). The number of hydrogen-bond donors (Lipinski definition) is 0. The molecule has 0 saturated carbocycles. The molecule has 1 unspecified atom stereocenters. The Balaban J connectivity index is 1.28. The van der Waals surface area contributed by atoms with Crippen molar-refractivity contribution in [3.8, 4) is 22.5 Å². The van der Waals surface area contributed by atoms with E-state index in [1.807, 2.05) is 0 Å². The van der Waals surface area contributed by atoms with Crippen LogP contribution in [0.3, 0.4) is 0 Å². The van der Waals surface area contributed by atoms with Gasteiger partial charge in [-0.1, -0.05) is 97.4 Å². The smallest absolute Gasteiger partial charge is 0.207 e. The van der Waals surface area contributed by atoms with Crippen LogP contribution in [-0.4, -0.2) is 0 Å². The van der Waals surface area contributed by atoms with Crippen LogP contribution < -0.4 is 9.13 Å². The van der Waals surface area contributed by atoms with Gasteiger partial charge in [-0.15, -0.1) is 0 Å². The highest BCUT2D eigenvalue weighted by Gasteiger charge is 2.55. The molecule has 2 aliphatic carbocycles. The summed E-state index contributed by atoms with van der Waals surface area (Å²) in [7, 11) is 2.10. The van der Waals surface area contributed by atoms with Gasteiger partial charge in [-0.05, 0) is 82.8 Å². The molecule has 2 nitrogen and oxygen atoms in total. The third-order valence-corrected chi connectivity index (χ3v) is 14.1. The number of hydrogen-bond acceptors (Lipinski definition) is 0. The summed E-state index contributed by atoms with van der Waals surface area (Å²) in [4.78, 5) is 0. The van der Waals surface area contributed by atoms with Gasteiger partial charge in [0.2, 0.25) is 11.4 Å². The molecule has 6 aromatic rings. The summed E-state index contributed by atoms with van der Waals surface area (Å²) >= 11 is 0. The van der Waals surface area contributed by atoms with E-state index in [0.717, 1.165) is 72.9 Å². The lowest BCUT2D eigenvalue weighted by atomic mass is 9.59. The summed E-state index contributed by atoms with van der Waals surface area (Å²) in [6.07, 6.45) is 11.3. The molecule has 0 spiro atoms. The molecule has 0 bridgehead atoms. The quantitative estimate of drug-likeness (QED) is 0.139. The SMILES string of the molecule is CCCCc1ccc2c3c4[n+](ccc13)C(CCc1ccc(F)c3c1-c1c5c(cccc5cc[n+]1C)C3(C)C)C(CC)(CC)c1ccc(F)c(c1-4)C2(C)C. The van der Waals surface area contributed by atoms with Crippen LogP contribution in [0.5, 0.6) is 0 Å². The Bertz CT molecular complexity index is 2520. The average molecular weight is 707 g/mol. The highest BCUT2D eigenvalue weighted by Crippen LogP contribution is 2.58. The molecule has 0 saturated heterocycles. The molecule has 3 aliphatic rings. The largest absolute Gasteiger partial charge is 0.221 e. The first kappa shape index (κ1) is 34.3. The van der Waals surface area contributed by atoms with E-state index in [9.17, 15) is 0 Å². The minimum atomic E-state index is -0.493. The summed E-state index contributed by atoms with van der Waals surface area (Å²) in [5.74, 6) is -0.249. The maximum Gasteiger partial charge on any atom is 0.221 e. The van der Waals surface area contributed by atoms with Crippen molar-refractivity contribution in [3.05, 3.63) is 130 Å². The fourth-order valence-electron chi connectivity index (χ4n) is 11.4. The van der Waals surface area contributed by atoms with Gasteiger partial charge >= 0.3 is 0 Å². The van der Waals surface area contributed by atoms with E-state index in [1.54, 1.807) is 12.1 Å². The van der Waals surface area contributed by atoms with Crippen LogP contribution in [0.1, 0.15) is 126 Å². The summed E-state index contributed by atoms with van der Waals surface area (Å²) in [5.41, 5.74) is 11.2. The van der Waals surface area contributed by atoms with Crippen LogP contribution in [0, 0.1) is 11.6 Å². The number of fused-ring (bicyclic) bond motifs is 2. The second kappa shape index (κ2) is 11.8. The molecule has 53 heavy (non-hydrogen) atoms. The van der Waals surface area contributed by atoms with Crippen LogP contribution in [0.2, 0.25) is 0 Å². The first-order chi connectivity index (χ1) is 25.4. The topological polar surface area (TPSA) is 7.76 Å². The molecular formula is C49H52F2N2+2. The summed E-state index contributed by atoms with van der Waals surface area (Å²) in [6, 6.07) is 23.4. The highest BCUT2D eigenvalue weighted by atomic mass is 19.1. The Labute approximate surface area is 313 Å². The van der Waals surface area contributed by atoms with Gasteiger partial charge in [0.05, 0.1) is 27.3 Å². The average Bonchev–Trinajstić information content (AvgIpc) is 3.14. The van der Waals surface area contributed by atoms with Gasteiger partial charge in [0.15, 0.2) is 18.4 Å². The molecule has 1 atom stereocenters. The Morgan fingerprint density at radius 1 is 0.642 bits per heavy atom. The zero-order valence-corrected chi connectivity index (χ0v) is 32.7. The van der Waals surface area contributed by atoms with E-state index in [4.69, 9.17) is 0 Å². The van der Waals surface area contributed by atoms with Gasteiger partial charge in [0, 0.05) is 40.5 Å². The molecule has 0 radical (unpaired) electrons. The van der Waals surface area contributed by atoms with Crippen LogP contribution >= 0.6 is 0 Å². The van der Waals surface area contributed by atoms with Gasteiger partial charge in [0.25, 0.3) is 0 Å². The number of aryl methyl sites for hydroxylation is 3. The maximum absolute atomic E-state index is 16.4. The number of rotatable bonds is 8. The zero-order chi connectivity index (χ0) is 37.2. The molecule has 3 heterocycles. The number of aromatic nitrogens is 2. The van der Waals surface area contributed by atoms with Crippen molar-refractivity contribution < 1.29 is 17.9 Å². The van der Waals surface area contributed by atoms with E-state index in [2.05, 4.69) is 132 Å². The van der Waals surface area contributed by atoms with E-state index < -0.39 is 10.8 Å². The summed E-state index contributed by atoms with van der Waals surface area (Å²) in [6.45, 7) is 15.7. The summed E-state index contributed by atoms with van der Waals surface area (Å²) < 4.78 is 37.4. The zero-order valence-electron chi connectivity index (χ0n) is 32.7. The molecule has 4 aromatic carbocycles. The fourth-order valence-corrected chi connectivity index (χ4v) is 11.4. The lowest BCUT2D eigenvalue weighted by Crippen LogP contribution is -2.57. The second-order valence-corrected chi connectivity index (χ2v) is 17.3. The molecule has 0 fully saturated rings. The molecule has 2 aromatic heterocycles. The van der Waals surface area contributed by atoms with Crippen molar-refractivity contribution in [2.75, 3.05) is 0 Å². The third kappa shape index (κ3) is 4.41. The number of pyridine rings is 2. The highest BCUT2D eigenvalue weighted by molar-refractivity contribution is 6.03. The number of unbranched alkanes of at least 4 members (excludes halogenated alkanes) is 1. The first-order valence-electron chi connectivity index (χ1n) is 20.0. The van der Waals surface area contributed by atoms with Crippen molar-refractivity contribution in [3.63, 3.8) is 0 Å². The van der Waals surface area contributed by atoms with Gasteiger partial charge in [-0.2, -0.15) is 4.57 Å².